The van der Waals surface area contributed by atoms with Crippen molar-refractivity contribution in [1.29, 1.82) is 5.26 Å². The average molecular weight is 482 g/mol. The lowest BCUT2D eigenvalue weighted by Gasteiger charge is -2.35. The number of piperazine rings is 1. The molecule has 3 aliphatic heterocycles. The van der Waals surface area contributed by atoms with Crippen LogP contribution in [0.15, 0.2) is 42.6 Å². The molecule has 1 saturated carbocycles. The highest BCUT2D eigenvalue weighted by molar-refractivity contribution is 5.79. The number of aromatic nitrogens is 2. The van der Waals surface area contributed by atoms with Gasteiger partial charge in [-0.2, -0.15) is 5.26 Å². The van der Waals surface area contributed by atoms with Crippen LogP contribution in [-0.4, -0.2) is 44.9 Å². The number of nitriles is 1. The van der Waals surface area contributed by atoms with Gasteiger partial charge in [-0.1, -0.05) is 25.0 Å². The maximum absolute atomic E-state index is 13.2. The summed E-state index contributed by atoms with van der Waals surface area (Å²) in [5.41, 5.74) is 5.07. The van der Waals surface area contributed by atoms with Crippen molar-refractivity contribution in [3.8, 4) is 17.6 Å². The summed E-state index contributed by atoms with van der Waals surface area (Å²) in [5, 5.41) is 9.73. The first-order chi connectivity index (χ1) is 17.6. The van der Waals surface area contributed by atoms with E-state index in [0.717, 1.165) is 41.5 Å². The molecule has 1 aromatic heterocycles. The topological polar surface area (TPSA) is 74.4 Å². The van der Waals surface area contributed by atoms with Crippen LogP contribution in [0.4, 0.5) is 0 Å². The average Bonchev–Trinajstić information content (AvgIpc) is 3.64. The summed E-state index contributed by atoms with van der Waals surface area (Å²) in [5.74, 6) is 3.19. The van der Waals surface area contributed by atoms with Crippen LogP contribution in [0.1, 0.15) is 53.0 Å². The quantitative estimate of drug-likeness (QED) is 0.554. The number of carbonyl (C=O) groups excluding carboxylic acids is 1. The van der Waals surface area contributed by atoms with Gasteiger partial charge >= 0.3 is 0 Å². The number of carbonyl (C=O) groups is 1. The van der Waals surface area contributed by atoms with E-state index in [1.165, 1.54) is 24.8 Å². The van der Waals surface area contributed by atoms with Crippen molar-refractivity contribution < 1.29 is 9.53 Å². The summed E-state index contributed by atoms with van der Waals surface area (Å²) in [7, 11) is 0. The van der Waals surface area contributed by atoms with Gasteiger partial charge in [0, 0.05) is 38.9 Å². The van der Waals surface area contributed by atoms with E-state index in [0.29, 0.717) is 49.8 Å². The lowest BCUT2D eigenvalue weighted by atomic mass is 10.00. The number of hydrogen-bond donors (Lipinski definition) is 0. The number of fused-ring (bicyclic) bond motifs is 2. The Kier molecular flexibility index (Phi) is 5.98. The molecule has 7 rings (SSSR count). The number of rotatable bonds is 3. The van der Waals surface area contributed by atoms with E-state index in [1.807, 2.05) is 42.3 Å². The minimum Gasteiger partial charge on any atom is -0.456 e. The molecule has 0 spiro atoms. The van der Waals surface area contributed by atoms with Crippen molar-refractivity contribution in [1.82, 2.24) is 19.4 Å². The van der Waals surface area contributed by atoms with Gasteiger partial charge in [0.25, 0.3) is 0 Å². The number of amides is 1. The molecule has 36 heavy (non-hydrogen) atoms. The van der Waals surface area contributed by atoms with Crippen LogP contribution >= 0.6 is 0 Å². The fourth-order valence-corrected chi connectivity index (χ4v) is 5.33. The zero-order valence-corrected chi connectivity index (χ0v) is 20.7. The largest absolute Gasteiger partial charge is 0.456 e. The Morgan fingerprint density at radius 2 is 1.97 bits per heavy atom. The first-order valence-corrected chi connectivity index (χ1v) is 12.9. The molecule has 2 fully saturated rings. The summed E-state index contributed by atoms with van der Waals surface area (Å²) >= 11 is 0. The van der Waals surface area contributed by atoms with E-state index in [4.69, 9.17) is 4.74 Å². The third kappa shape index (κ3) is 4.74. The van der Waals surface area contributed by atoms with Crippen LogP contribution in [0.2, 0.25) is 0 Å². The van der Waals surface area contributed by atoms with Gasteiger partial charge in [-0.15, -0.1) is 0 Å². The van der Waals surface area contributed by atoms with Crippen molar-refractivity contribution in [2.45, 2.75) is 52.2 Å². The summed E-state index contributed by atoms with van der Waals surface area (Å²) in [6, 6.07) is 14.3. The van der Waals surface area contributed by atoms with E-state index < -0.39 is 0 Å². The number of ether oxygens (including phenoxy) is 1. The number of imidazole rings is 1. The van der Waals surface area contributed by atoms with E-state index in [-0.39, 0.29) is 5.91 Å². The minimum absolute atomic E-state index is 0.160. The van der Waals surface area contributed by atoms with Gasteiger partial charge in [-0.25, -0.2) is 4.98 Å². The van der Waals surface area contributed by atoms with Crippen LogP contribution in [-0.2, 0) is 30.8 Å². The van der Waals surface area contributed by atoms with Crippen molar-refractivity contribution in [2.24, 2.45) is 5.92 Å². The first-order valence-electron chi connectivity index (χ1n) is 12.9. The predicted octanol–water partition coefficient (Wildman–Crippen LogP) is 4.40. The second-order valence-corrected chi connectivity index (χ2v) is 10.4. The van der Waals surface area contributed by atoms with E-state index >= 15 is 0 Å². The van der Waals surface area contributed by atoms with Crippen molar-refractivity contribution in [3.05, 3.63) is 76.4 Å². The number of benzene rings is 2. The van der Waals surface area contributed by atoms with Gasteiger partial charge in [0.2, 0.25) is 5.91 Å². The lowest BCUT2D eigenvalue weighted by Crippen LogP contribution is -2.49. The van der Waals surface area contributed by atoms with E-state index in [2.05, 4.69) is 32.7 Å². The Labute approximate surface area is 211 Å². The molecule has 2 aromatic carbocycles. The number of nitrogens with zero attached hydrogens (tertiary/aromatic N) is 5. The van der Waals surface area contributed by atoms with Crippen molar-refractivity contribution in [3.63, 3.8) is 0 Å². The highest BCUT2D eigenvalue weighted by Crippen LogP contribution is 2.35. The van der Waals surface area contributed by atoms with Gasteiger partial charge < -0.3 is 14.2 Å². The standard InChI is InChI=1S/C29H31N5O2/c1-20-31-15-26-18-32-10-11-33(29(35)19-32)17-25-13-27(9-8-23(25)6-4-21-2-3-21)36-28-12-22(16-34(20)26)5-7-24(28)14-30/h5,7-9,12-13,15,21H,2-4,6,10-11,16-19H2,1H3. The molecule has 1 unspecified atom stereocenters. The van der Waals surface area contributed by atoms with E-state index in [1.54, 1.807) is 0 Å². The molecule has 1 atom stereocenters. The smallest absolute Gasteiger partial charge is 0.237 e. The normalized spacial score (nSPS) is 19.5. The molecule has 1 saturated heterocycles. The fourth-order valence-electron chi connectivity index (χ4n) is 5.33. The molecule has 1 amide bonds. The van der Waals surface area contributed by atoms with E-state index in [9.17, 15) is 10.1 Å². The molecule has 4 heterocycles. The van der Waals surface area contributed by atoms with Gasteiger partial charge in [-0.05, 0) is 66.6 Å². The van der Waals surface area contributed by atoms with Crippen LogP contribution in [0.5, 0.6) is 11.5 Å². The SMILES string of the molecule is Cc1ncc2n1Cc1ccc(C#N)c(c1)Oc1ccc(CCC3CC3)c(c1)CN1CCN(CC1=O)C2. The Morgan fingerprint density at radius 3 is 2.78 bits per heavy atom. The Hall–Kier alpha value is -3.63. The molecule has 6 bridgehead atoms. The molecule has 3 aromatic rings. The summed E-state index contributed by atoms with van der Waals surface area (Å²) in [6.45, 7) is 5.86. The molecule has 0 N–H and O–H groups in total. The maximum Gasteiger partial charge on any atom is 0.237 e. The Morgan fingerprint density at radius 1 is 1.08 bits per heavy atom. The van der Waals surface area contributed by atoms with Gasteiger partial charge in [0.15, 0.2) is 0 Å². The molecule has 7 nitrogen and oxygen atoms in total. The minimum atomic E-state index is 0.160. The molecule has 4 aliphatic rings. The summed E-state index contributed by atoms with van der Waals surface area (Å²) in [4.78, 5) is 21.9. The highest BCUT2D eigenvalue weighted by Gasteiger charge is 2.27. The predicted molar refractivity (Wildman–Crippen MR) is 135 cm³/mol. The molecule has 0 radical (unpaired) electrons. The first kappa shape index (κ1) is 22.8. The number of hydrogen-bond acceptors (Lipinski definition) is 5. The second kappa shape index (κ2) is 9.44. The Balaban J connectivity index is 1.40. The van der Waals surface area contributed by atoms with Gasteiger partial charge in [0.05, 0.1) is 17.8 Å². The zero-order chi connectivity index (χ0) is 24.6. The highest BCUT2D eigenvalue weighted by atomic mass is 16.5. The Bertz CT molecular complexity index is 1350. The van der Waals surface area contributed by atoms with Crippen LogP contribution in [0.3, 0.4) is 0 Å². The summed E-state index contributed by atoms with van der Waals surface area (Å²) < 4.78 is 8.50. The number of aryl methyl sites for hydroxylation is 2. The second-order valence-electron chi connectivity index (χ2n) is 10.4. The van der Waals surface area contributed by atoms with Crippen LogP contribution < -0.4 is 4.74 Å². The third-order valence-corrected chi connectivity index (χ3v) is 7.71. The molecule has 184 valence electrons. The molecule has 1 aliphatic carbocycles. The zero-order valence-electron chi connectivity index (χ0n) is 20.7. The van der Waals surface area contributed by atoms with Crippen LogP contribution in [0, 0.1) is 24.2 Å². The van der Waals surface area contributed by atoms with Crippen LogP contribution in [0.25, 0.3) is 0 Å². The van der Waals surface area contributed by atoms with Crippen molar-refractivity contribution >= 4 is 5.91 Å². The lowest BCUT2D eigenvalue weighted by molar-refractivity contribution is -0.136. The third-order valence-electron chi connectivity index (χ3n) is 7.71. The fraction of sp³-hybridized carbons (Fsp3) is 0.414. The molecular weight excluding hydrogens is 450 g/mol. The van der Waals surface area contributed by atoms with Gasteiger partial charge in [0.1, 0.15) is 23.4 Å². The molecular formula is C29H31N5O2. The summed E-state index contributed by atoms with van der Waals surface area (Å²) in [6.07, 6.45) is 6.80. The van der Waals surface area contributed by atoms with Crippen molar-refractivity contribution in [2.75, 3.05) is 19.6 Å². The molecule has 7 heteroatoms. The monoisotopic (exact) mass is 481 g/mol. The van der Waals surface area contributed by atoms with Gasteiger partial charge in [-0.3, -0.25) is 9.69 Å². The maximum atomic E-state index is 13.2.